The monoisotopic (exact) mass is 390 g/mol. The van der Waals surface area contributed by atoms with Crippen LogP contribution in [-0.4, -0.2) is 5.78 Å². The van der Waals surface area contributed by atoms with Crippen molar-refractivity contribution in [3.05, 3.63) is 93.6 Å². The van der Waals surface area contributed by atoms with E-state index in [1.54, 1.807) is 42.5 Å². The fraction of sp³-hybridized carbons (Fsp3) is 0.0500. The molecule has 3 nitrogen and oxygen atoms in total. The molecule has 0 unspecified atom stereocenters. The smallest absolute Gasteiger partial charge is 0.185 e. The second kappa shape index (κ2) is 8.21. The first-order chi connectivity index (χ1) is 12.5. The van der Waals surface area contributed by atoms with Gasteiger partial charge in [0.05, 0.1) is 5.02 Å². The summed E-state index contributed by atoms with van der Waals surface area (Å²) in [6, 6.07) is 14.2. The number of hydrogen-bond donors (Lipinski definition) is 0. The predicted molar refractivity (Wildman–Crippen MR) is 99.3 cm³/mol. The van der Waals surface area contributed by atoms with E-state index in [2.05, 4.69) is 0 Å². The van der Waals surface area contributed by atoms with Crippen LogP contribution in [-0.2, 0) is 6.61 Å². The lowest BCUT2D eigenvalue weighted by molar-refractivity contribution is 0.104. The van der Waals surface area contributed by atoms with Gasteiger partial charge in [-0.3, -0.25) is 4.79 Å². The van der Waals surface area contributed by atoms with Gasteiger partial charge in [-0.15, -0.1) is 0 Å². The molecule has 0 saturated carbocycles. The molecule has 0 aliphatic carbocycles. The van der Waals surface area contributed by atoms with Crippen LogP contribution in [0, 0.1) is 5.82 Å². The molecule has 1 heterocycles. The molecule has 0 atom stereocenters. The van der Waals surface area contributed by atoms with E-state index in [0.29, 0.717) is 27.9 Å². The Balaban J connectivity index is 1.59. The van der Waals surface area contributed by atoms with Gasteiger partial charge in [0.15, 0.2) is 5.78 Å². The first kappa shape index (κ1) is 18.2. The maximum Gasteiger partial charge on any atom is 0.185 e. The van der Waals surface area contributed by atoms with Crippen LogP contribution in [0.15, 0.2) is 65.1 Å². The summed E-state index contributed by atoms with van der Waals surface area (Å²) in [5.41, 5.74) is 0.536. The van der Waals surface area contributed by atoms with E-state index < -0.39 is 5.82 Å². The van der Waals surface area contributed by atoms with Gasteiger partial charge >= 0.3 is 0 Å². The normalized spacial score (nSPS) is 11.0. The highest BCUT2D eigenvalue weighted by atomic mass is 35.5. The van der Waals surface area contributed by atoms with Crippen LogP contribution in [0.3, 0.4) is 0 Å². The number of furan rings is 1. The zero-order valence-corrected chi connectivity index (χ0v) is 14.9. The molecule has 0 fully saturated rings. The Kier molecular flexibility index (Phi) is 5.76. The largest absolute Gasteiger partial charge is 0.486 e. The first-order valence-corrected chi connectivity index (χ1v) is 8.41. The fourth-order valence-corrected chi connectivity index (χ4v) is 2.45. The zero-order chi connectivity index (χ0) is 18.5. The van der Waals surface area contributed by atoms with E-state index in [9.17, 15) is 9.18 Å². The molecule has 3 rings (SSSR count). The third kappa shape index (κ3) is 4.75. The van der Waals surface area contributed by atoms with Crippen LogP contribution in [0.25, 0.3) is 6.08 Å². The summed E-state index contributed by atoms with van der Waals surface area (Å²) in [5, 5.41) is 0.565. The number of rotatable bonds is 6. The molecule has 0 radical (unpaired) electrons. The highest BCUT2D eigenvalue weighted by Gasteiger charge is 2.05. The van der Waals surface area contributed by atoms with Gasteiger partial charge in [-0.25, -0.2) is 4.39 Å². The van der Waals surface area contributed by atoms with E-state index in [1.807, 2.05) is 0 Å². The van der Waals surface area contributed by atoms with Crippen LogP contribution in [0.2, 0.25) is 10.0 Å². The van der Waals surface area contributed by atoms with Crippen molar-refractivity contribution in [3.63, 3.8) is 0 Å². The quantitative estimate of drug-likeness (QED) is 0.371. The Hall–Kier alpha value is -2.56. The standard InChI is InChI=1S/C20H13Cl2FO3/c21-14-3-1-13(2-4-14)20(24)10-8-15-5-6-17(26-15)12-25-16-7-9-19(23)18(22)11-16/h1-11H,12H2/b10-8+. The van der Waals surface area contributed by atoms with Crippen molar-refractivity contribution in [1.29, 1.82) is 0 Å². The predicted octanol–water partition coefficient (Wildman–Crippen LogP) is 6.20. The minimum atomic E-state index is -0.505. The molecule has 1 aromatic heterocycles. The lowest BCUT2D eigenvalue weighted by Crippen LogP contribution is -1.94. The Bertz CT molecular complexity index is 946. The van der Waals surface area contributed by atoms with E-state index in [-0.39, 0.29) is 17.4 Å². The highest BCUT2D eigenvalue weighted by Crippen LogP contribution is 2.22. The number of allylic oxidation sites excluding steroid dienone is 1. The third-order valence-electron chi connectivity index (χ3n) is 3.48. The van der Waals surface area contributed by atoms with Gasteiger partial charge in [0.25, 0.3) is 0 Å². The number of carbonyl (C=O) groups is 1. The van der Waals surface area contributed by atoms with Gasteiger partial charge < -0.3 is 9.15 Å². The Morgan fingerprint density at radius 2 is 1.85 bits per heavy atom. The third-order valence-corrected chi connectivity index (χ3v) is 4.02. The summed E-state index contributed by atoms with van der Waals surface area (Å²) >= 11 is 11.5. The van der Waals surface area contributed by atoms with Gasteiger partial charge in [0.2, 0.25) is 0 Å². The van der Waals surface area contributed by atoms with E-state index in [0.717, 1.165) is 0 Å². The fourth-order valence-electron chi connectivity index (χ4n) is 2.15. The number of halogens is 3. The molecular weight excluding hydrogens is 378 g/mol. The molecule has 0 amide bonds. The molecule has 0 spiro atoms. The van der Waals surface area contributed by atoms with Gasteiger partial charge in [-0.2, -0.15) is 0 Å². The van der Waals surface area contributed by atoms with Crippen LogP contribution in [0.1, 0.15) is 21.9 Å². The minimum Gasteiger partial charge on any atom is -0.486 e. The second-order valence-corrected chi connectivity index (χ2v) is 6.22. The molecule has 0 N–H and O–H groups in total. The van der Waals surface area contributed by atoms with Crippen LogP contribution in [0.4, 0.5) is 4.39 Å². The van der Waals surface area contributed by atoms with E-state index in [1.165, 1.54) is 24.3 Å². The molecule has 0 aliphatic heterocycles. The Morgan fingerprint density at radius 3 is 2.58 bits per heavy atom. The molecular formula is C20H13Cl2FO3. The molecule has 6 heteroatoms. The van der Waals surface area contributed by atoms with Crippen LogP contribution >= 0.6 is 23.2 Å². The van der Waals surface area contributed by atoms with Gasteiger partial charge in [0, 0.05) is 16.7 Å². The average molecular weight is 391 g/mol. The molecule has 3 aromatic rings. The summed E-state index contributed by atoms with van der Waals surface area (Å²) in [5.74, 6) is 0.849. The summed E-state index contributed by atoms with van der Waals surface area (Å²) in [6.07, 6.45) is 3.00. The summed E-state index contributed by atoms with van der Waals surface area (Å²) in [6.45, 7) is 0.154. The van der Waals surface area contributed by atoms with Crippen LogP contribution in [0.5, 0.6) is 5.75 Å². The zero-order valence-electron chi connectivity index (χ0n) is 13.4. The number of carbonyl (C=O) groups excluding carboxylic acids is 1. The average Bonchev–Trinajstić information content (AvgIpc) is 3.09. The maximum atomic E-state index is 13.1. The summed E-state index contributed by atoms with van der Waals surface area (Å²) in [4.78, 5) is 12.1. The molecule has 26 heavy (non-hydrogen) atoms. The van der Waals surface area contributed by atoms with Crippen molar-refractivity contribution in [1.82, 2.24) is 0 Å². The molecule has 0 aliphatic rings. The summed E-state index contributed by atoms with van der Waals surface area (Å²) in [7, 11) is 0. The number of hydrogen-bond acceptors (Lipinski definition) is 3. The van der Waals surface area contributed by atoms with Gasteiger partial charge in [-0.1, -0.05) is 23.2 Å². The number of ether oxygens (including phenoxy) is 1. The molecule has 0 saturated heterocycles. The Labute approximate surface area is 159 Å². The second-order valence-electron chi connectivity index (χ2n) is 5.37. The Morgan fingerprint density at radius 1 is 1.08 bits per heavy atom. The van der Waals surface area contributed by atoms with Crippen molar-refractivity contribution in [2.75, 3.05) is 0 Å². The van der Waals surface area contributed by atoms with Crippen molar-refractivity contribution in [2.45, 2.75) is 6.61 Å². The van der Waals surface area contributed by atoms with E-state index in [4.69, 9.17) is 32.4 Å². The van der Waals surface area contributed by atoms with Gasteiger partial charge in [-0.05, 0) is 60.7 Å². The maximum absolute atomic E-state index is 13.1. The summed E-state index contributed by atoms with van der Waals surface area (Å²) < 4.78 is 24.2. The van der Waals surface area contributed by atoms with Crippen molar-refractivity contribution >= 4 is 35.1 Å². The molecule has 132 valence electrons. The SMILES string of the molecule is O=C(/C=C/c1ccc(COc2ccc(F)c(Cl)c2)o1)c1ccc(Cl)cc1. The van der Waals surface area contributed by atoms with Crippen molar-refractivity contribution in [2.24, 2.45) is 0 Å². The lowest BCUT2D eigenvalue weighted by atomic mass is 10.1. The van der Waals surface area contributed by atoms with Crippen LogP contribution < -0.4 is 4.74 Å². The minimum absolute atomic E-state index is 0.00807. The molecule has 0 bridgehead atoms. The highest BCUT2D eigenvalue weighted by molar-refractivity contribution is 6.31. The van der Waals surface area contributed by atoms with E-state index >= 15 is 0 Å². The number of benzene rings is 2. The molecule has 2 aromatic carbocycles. The lowest BCUT2D eigenvalue weighted by Gasteiger charge is -2.04. The first-order valence-electron chi connectivity index (χ1n) is 7.66. The van der Waals surface area contributed by atoms with Crippen molar-refractivity contribution < 1.29 is 18.3 Å². The topological polar surface area (TPSA) is 39.4 Å². The van der Waals surface area contributed by atoms with Crippen molar-refractivity contribution in [3.8, 4) is 5.75 Å². The van der Waals surface area contributed by atoms with Gasteiger partial charge in [0.1, 0.15) is 29.7 Å². The number of ketones is 1.